The van der Waals surface area contributed by atoms with Crippen molar-refractivity contribution in [3.63, 3.8) is 0 Å². The average molecular weight is 200 g/mol. The predicted octanol–water partition coefficient (Wildman–Crippen LogP) is -0.319. The van der Waals surface area contributed by atoms with Crippen LogP contribution in [-0.2, 0) is 14.2 Å². The van der Waals surface area contributed by atoms with Gasteiger partial charge in [0.15, 0.2) is 0 Å². The molecule has 0 bridgehead atoms. The van der Waals surface area contributed by atoms with Crippen molar-refractivity contribution in [1.82, 2.24) is 0 Å². The molecule has 1 aliphatic rings. The molecular formula is C9H17BO4. The topological polar surface area (TPSA) is 47.9 Å². The highest BCUT2D eigenvalue weighted by Gasteiger charge is 2.42. The van der Waals surface area contributed by atoms with Crippen molar-refractivity contribution >= 4 is 7.85 Å². The molecular weight excluding hydrogens is 183 g/mol. The first kappa shape index (κ1) is 12.0. The van der Waals surface area contributed by atoms with Crippen LogP contribution in [0.25, 0.3) is 0 Å². The van der Waals surface area contributed by atoms with E-state index in [1.165, 1.54) is 0 Å². The number of aliphatic hydroxyl groups excluding tert-OH is 1. The van der Waals surface area contributed by atoms with Crippen LogP contribution in [0, 0.1) is 0 Å². The van der Waals surface area contributed by atoms with Gasteiger partial charge in [0.2, 0.25) is 0 Å². The van der Waals surface area contributed by atoms with Gasteiger partial charge in [0, 0.05) is 13.1 Å². The van der Waals surface area contributed by atoms with E-state index in [9.17, 15) is 5.11 Å². The number of ether oxygens (including phenoxy) is 3. The lowest BCUT2D eigenvalue weighted by Gasteiger charge is -2.22. The van der Waals surface area contributed by atoms with E-state index in [0.29, 0.717) is 6.61 Å². The largest absolute Gasteiger partial charge is 0.388 e. The molecule has 0 spiro atoms. The van der Waals surface area contributed by atoms with E-state index in [2.05, 4.69) is 0 Å². The van der Waals surface area contributed by atoms with E-state index in [0.717, 1.165) is 0 Å². The predicted molar refractivity (Wildman–Crippen MR) is 52.3 cm³/mol. The molecule has 0 aromatic heterocycles. The van der Waals surface area contributed by atoms with Crippen LogP contribution in [0.1, 0.15) is 13.8 Å². The second-order valence-electron chi connectivity index (χ2n) is 3.73. The number of aliphatic hydroxyl groups is 1. The van der Waals surface area contributed by atoms with Crippen LogP contribution in [0.2, 0.25) is 0 Å². The van der Waals surface area contributed by atoms with Gasteiger partial charge in [-0.05, 0) is 13.8 Å². The summed E-state index contributed by atoms with van der Waals surface area (Å²) in [5.41, 5.74) is 0. The van der Waals surface area contributed by atoms with E-state index in [1.807, 2.05) is 13.8 Å². The Morgan fingerprint density at radius 1 is 1.50 bits per heavy atom. The van der Waals surface area contributed by atoms with E-state index < -0.39 is 18.2 Å². The molecule has 0 amide bonds. The first-order valence-electron chi connectivity index (χ1n) is 4.79. The van der Waals surface area contributed by atoms with Crippen molar-refractivity contribution in [3.05, 3.63) is 0 Å². The average Bonchev–Trinajstić information content (AvgIpc) is 2.33. The molecule has 2 unspecified atom stereocenters. The van der Waals surface area contributed by atoms with E-state index >= 15 is 0 Å². The molecule has 1 aliphatic heterocycles. The Hall–Kier alpha value is -0.0951. The molecule has 2 radical (unpaired) electrons. The Balaban J connectivity index is 2.56. The highest BCUT2D eigenvalue weighted by Crippen LogP contribution is 2.23. The van der Waals surface area contributed by atoms with Gasteiger partial charge in [-0.3, -0.25) is 0 Å². The van der Waals surface area contributed by atoms with Crippen molar-refractivity contribution in [2.45, 2.75) is 44.3 Å². The summed E-state index contributed by atoms with van der Waals surface area (Å²) in [6.45, 7) is 4.18. The molecule has 1 heterocycles. The molecule has 5 heteroatoms. The maximum atomic E-state index is 9.67. The van der Waals surface area contributed by atoms with Crippen molar-refractivity contribution in [3.8, 4) is 0 Å². The van der Waals surface area contributed by atoms with Gasteiger partial charge in [0.25, 0.3) is 0 Å². The third kappa shape index (κ3) is 2.70. The summed E-state index contributed by atoms with van der Waals surface area (Å²) in [5, 5.41) is 9.67. The lowest BCUT2D eigenvalue weighted by Crippen LogP contribution is -2.38. The Morgan fingerprint density at radius 3 is 2.64 bits per heavy atom. The summed E-state index contributed by atoms with van der Waals surface area (Å²) in [6, 6.07) is -0.682. The molecule has 0 aliphatic carbocycles. The zero-order valence-corrected chi connectivity index (χ0v) is 8.84. The molecule has 4 atom stereocenters. The summed E-state index contributed by atoms with van der Waals surface area (Å²) >= 11 is 0. The van der Waals surface area contributed by atoms with Crippen molar-refractivity contribution in [2.24, 2.45) is 0 Å². The van der Waals surface area contributed by atoms with Crippen molar-refractivity contribution in [2.75, 3.05) is 13.7 Å². The molecule has 1 N–H and O–H groups in total. The number of hydrogen-bond donors (Lipinski definition) is 1. The Bertz CT molecular complexity index is 176. The lowest BCUT2D eigenvalue weighted by molar-refractivity contribution is -0.0818. The summed E-state index contributed by atoms with van der Waals surface area (Å²) in [6.07, 6.45) is -1.43. The fourth-order valence-electron chi connectivity index (χ4n) is 1.55. The third-order valence-electron chi connectivity index (χ3n) is 2.13. The highest BCUT2D eigenvalue weighted by atomic mass is 16.6. The lowest BCUT2D eigenvalue weighted by atomic mass is 9.93. The SMILES string of the molecule is [B][C@@H]1O[C@H](COC)C(OC(C)C)C1O. The van der Waals surface area contributed by atoms with Gasteiger partial charge in [-0.15, -0.1) is 0 Å². The summed E-state index contributed by atoms with van der Waals surface area (Å²) in [4.78, 5) is 0. The summed E-state index contributed by atoms with van der Waals surface area (Å²) < 4.78 is 15.8. The number of hydrogen-bond acceptors (Lipinski definition) is 4. The minimum Gasteiger partial charge on any atom is -0.388 e. The maximum Gasteiger partial charge on any atom is 0.114 e. The molecule has 0 aromatic carbocycles. The van der Waals surface area contributed by atoms with Crippen LogP contribution in [-0.4, -0.2) is 57.1 Å². The van der Waals surface area contributed by atoms with Gasteiger partial charge < -0.3 is 19.3 Å². The van der Waals surface area contributed by atoms with Crippen molar-refractivity contribution < 1.29 is 19.3 Å². The van der Waals surface area contributed by atoms with E-state index in [4.69, 9.17) is 22.1 Å². The summed E-state index contributed by atoms with van der Waals surface area (Å²) in [7, 11) is 7.13. The summed E-state index contributed by atoms with van der Waals surface area (Å²) in [5.74, 6) is 0. The number of methoxy groups -OCH3 is 1. The highest BCUT2D eigenvalue weighted by molar-refractivity contribution is 6.11. The van der Waals surface area contributed by atoms with Gasteiger partial charge in [-0.1, -0.05) is 0 Å². The fraction of sp³-hybridized carbons (Fsp3) is 1.00. The Kier molecular flexibility index (Phi) is 4.38. The second-order valence-corrected chi connectivity index (χ2v) is 3.73. The normalized spacial score (nSPS) is 38.1. The van der Waals surface area contributed by atoms with E-state index in [1.54, 1.807) is 7.11 Å². The zero-order chi connectivity index (χ0) is 10.7. The molecule has 1 saturated heterocycles. The molecule has 14 heavy (non-hydrogen) atoms. The zero-order valence-electron chi connectivity index (χ0n) is 8.84. The quantitative estimate of drug-likeness (QED) is 0.632. The third-order valence-corrected chi connectivity index (χ3v) is 2.13. The standard InChI is InChI=1S/C9H17BO4/c1-5(2)13-8-6(4-12-3)14-9(10)7(8)11/h5-9,11H,4H2,1-3H3/t6-,7?,8?,9-/m1/s1. The molecule has 4 nitrogen and oxygen atoms in total. The van der Waals surface area contributed by atoms with Gasteiger partial charge in [0.05, 0.1) is 12.7 Å². The van der Waals surface area contributed by atoms with E-state index in [-0.39, 0.29) is 12.2 Å². The molecule has 80 valence electrons. The van der Waals surface area contributed by atoms with Crippen LogP contribution in [0.4, 0.5) is 0 Å². The monoisotopic (exact) mass is 200 g/mol. The van der Waals surface area contributed by atoms with Crippen LogP contribution < -0.4 is 0 Å². The molecule has 1 fully saturated rings. The Morgan fingerprint density at radius 2 is 2.14 bits per heavy atom. The minimum atomic E-state index is -0.780. The maximum absolute atomic E-state index is 9.67. The fourth-order valence-corrected chi connectivity index (χ4v) is 1.55. The smallest absolute Gasteiger partial charge is 0.114 e. The van der Waals surface area contributed by atoms with Crippen LogP contribution in [0.15, 0.2) is 0 Å². The number of rotatable bonds is 4. The van der Waals surface area contributed by atoms with Gasteiger partial charge >= 0.3 is 0 Å². The second kappa shape index (κ2) is 5.12. The van der Waals surface area contributed by atoms with Gasteiger partial charge in [0.1, 0.15) is 26.2 Å². The molecule has 1 rings (SSSR count). The first-order chi connectivity index (χ1) is 6.56. The van der Waals surface area contributed by atoms with Crippen molar-refractivity contribution in [1.29, 1.82) is 0 Å². The van der Waals surface area contributed by atoms with Crippen LogP contribution in [0.3, 0.4) is 0 Å². The molecule has 0 saturated carbocycles. The van der Waals surface area contributed by atoms with Gasteiger partial charge in [-0.25, -0.2) is 0 Å². The minimum absolute atomic E-state index is 0.0305. The van der Waals surface area contributed by atoms with Gasteiger partial charge in [-0.2, -0.15) is 0 Å². The molecule has 0 aromatic rings. The first-order valence-corrected chi connectivity index (χ1v) is 4.79. The Labute approximate surface area is 85.9 Å². The van der Waals surface area contributed by atoms with Crippen LogP contribution >= 0.6 is 0 Å². The van der Waals surface area contributed by atoms with Crippen LogP contribution in [0.5, 0.6) is 0 Å².